The van der Waals surface area contributed by atoms with Crippen LogP contribution in [0.5, 0.6) is 0 Å². The Balaban J connectivity index is 1.68. The molecule has 7 heteroatoms. The number of hydrogen-bond donors (Lipinski definition) is 0. The van der Waals surface area contributed by atoms with Gasteiger partial charge in [0.1, 0.15) is 11.4 Å². The van der Waals surface area contributed by atoms with Crippen LogP contribution in [0.2, 0.25) is 0 Å². The Morgan fingerprint density at radius 3 is 2.88 bits per heavy atom. The Labute approximate surface area is 140 Å². The summed E-state index contributed by atoms with van der Waals surface area (Å²) in [6.45, 7) is 7.38. The van der Waals surface area contributed by atoms with Crippen molar-refractivity contribution in [3.63, 3.8) is 0 Å². The first kappa shape index (κ1) is 16.4. The average Bonchev–Trinajstić information content (AvgIpc) is 3.12. The fraction of sp³-hybridized carbons (Fsp3) is 0.471. The molecule has 0 saturated carbocycles. The molecule has 0 N–H and O–H groups in total. The third-order valence-electron chi connectivity index (χ3n) is 4.53. The van der Waals surface area contributed by atoms with Crippen molar-refractivity contribution < 1.29 is 14.2 Å². The number of aromatic nitrogens is 1. The monoisotopic (exact) mass is 331 g/mol. The minimum Gasteiger partial charge on any atom is -0.371 e. The third-order valence-corrected chi connectivity index (χ3v) is 4.53. The van der Waals surface area contributed by atoms with Crippen molar-refractivity contribution in [3.05, 3.63) is 50.9 Å². The molecule has 0 amide bonds. The summed E-state index contributed by atoms with van der Waals surface area (Å²) in [4.78, 5) is 13.1. The summed E-state index contributed by atoms with van der Waals surface area (Å²) >= 11 is 0. The van der Waals surface area contributed by atoms with Crippen molar-refractivity contribution in [2.45, 2.75) is 39.9 Å². The van der Waals surface area contributed by atoms with Crippen molar-refractivity contribution in [1.82, 2.24) is 5.16 Å². The number of aryl methyl sites for hydroxylation is 3. The standard InChI is InChI=1S/C17H21N3O4/c1-11-5-4-6-16(17(11)20(21)22)19-8-7-14(9-19)23-10-15-12(2)18-24-13(15)3/h4-6,14H,7-10H2,1-3H3/t14-/m1/s1. The van der Waals surface area contributed by atoms with Crippen LogP contribution in [0.3, 0.4) is 0 Å². The first-order chi connectivity index (χ1) is 11.5. The molecule has 1 aliphatic heterocycles. The maximum absolute atomic E-state index is 11.4. The van der Waals surface area contributed by atoms with Gasteiger partial charge in [-0.25, -0.2) is 0 Å². The maximum Gasteiger partial charge on any atom is 0.295 e. The summed E-state index contributed by atoms with van der Waals surface area (Å²) in [6.07, 6.45) is 0.882. The van der Waals surface area contributed by atoms with E-state index in [-0.39, 0.29) is 16.7 Å². The van der Waals surface area contributed by atoms with Gasteiger partial charge >= 0.3 is 0 Å². The van der Waals surface area contributed by atoms with Crippen LogP contribution in [0.4, 0.5) is 11.4 Å². The molecule has 24 heavy (non-hydrogen) atoms. The molecule has 0 spiro atoms. The SMILES string of the molecule is Cc1cccc(N2CC[C@@H](OCc3c(C)noc3C)C2)c1[N+](=O)[O-]. The third kappa shape index (κ3) is 3.12. The molecule has 1 aromatic carbocycles. The van der Waals surface area contributed by atoms with E-state index in [1.165, 1.54) is 0 Å². The Hall–Kier alpha value is -2.41. The van der Waals surface area contributed by atoms with Gasteiger partial charge in [0.15, 0.2) is 0 Å². The Bertz CT molecular complexity index is 737. The average molecular weight is 331 g/mol. The van der Waals surface area contributed by atoms with Crippen molar-refractivity contribution in [2.75, 3.05) is 18.0 Å². The molecule has 1 aliphatic rings. The van der Waals surface area contributed by atoms with Crippen LogP contribution in [0.15, 0.2) is 22.7 Å². The number of nitro benzene ring substituents is 1. The molecule has 1 atom stereocenters. The van der Waals surface area contributed by atoms with Gasteiger partial charge < -0.3 is 14.2 Å². The molecule has 3 rings (SSSR count). The second kappa shape index (κ2) is 6.60. The number of para-hydroxylation sites is 1. The first-order valence-corrected chi connectivity index (χ1v) is 7.99. The lowest BCUT2D eigenvalue weighted by Gasteiger charge is -2.19. The van der Waals surface area contributed by atoms with Crippen LogP contribution in [-0.2, 0) is 11.3 Å². The fourth-order valence-corrected chi connectivity index (χ4v) is 3.13. The molecule has 0 radical (unpaired) electrons. The van der Waals surface area contributed by atoms with Gasteiger partial charge in [-0.15, -0.1) is 0 Å². The zero-order chi connectivity index (χ0) is 17.3. The number of anilines is 1. The highest BCUT2D eigenvalue weighted by molar-refractivity contribution is 5.67. The van der Waals surface area contributed by atoms with Crippen LogP contribution in [0.1, 0.15) is 29.0 Å². The Morgan fingerprint density at radius 2 is 2.21 bits per heavy atom. The van der Waals surface area contributed by atoms with Gasteiger partial charge in [-0.1, -0.05) is 17.3 Å². The van der Waals surface area contributed by atoms with E-state index in [0.717, 1.165) is 30.0 Å². The minimum atomic E-state index is -0.303. The molecule has 2 heterocycles. The molecule has 0 aliphatic carbocycles. The van der Waals surface area contributed by atoms with Crippen LogP contribution < -0.4 is 4.90 Å². The quantitative estimate of drug-likeness (QED) is 0.617. The summed E-state index contributed by atoms with van der Waals surface area (Å²) in [5.41, 5.74) is 3.36. The number of hydrogen-bond acceptors (Lipinski definition) is 6. The molecule has 1 fully saturated rings. The second-order valence-corrected chi connectivity index (χ2v) is 6.17. The highest BCUT2D eigenvalue weighted by Crippen LogP contribution is 2.34. The van der Waals surface area contributed by atoms with Crippen molar-refractivity contribution in [3.8, 4) is 0 Å². The van der Waals surface area contributed by atoms with Gasteiger partial charge in [0.25, 0.3) is 5.69 Å². The topological polar surface area (TPSA) is 81.6 Å². The van der Waals surface area contributed by atoms with Crippen LogP contribution in [0, 0.1) is 30.9 Å². The highest BCUT2D eigenvalue weighted by atomic mass is 16.6. The van der Waals surface area contributed by atoms with E-state index in [4.69, 9.17) is 9.26 Å². The van der Waals surface area contributed by atoms with Crippen molar-refractivity contribution in [1.29, 1.82) is 0 Å². The molecule has 0 unspecified atom stereocenters. The summed E-state index contributed by atoms with van der Waals surface area (Å²) in [6, 6.07) is 5.43. The molecular weight excluding hydrogens is 310 g/mol. The molecule has 2 aromatic rings. The molecule has 1 aromatic heterocycles. The van der Waals surface area contributed by atoms with Crippen LogP contribution in [-0.4, -0.2) is 29.3 Å². The zero-order valence-corrected chi connectivity index (χ0v) is 14.1. The van der Waals surface area contributed by atoms with Gasteiger partial charge in [0.2, 0.25) is 0 Å². The number of nitro groups is 1. The van der Waals surface area contributed by atoms with E-state index in [1.54, 1.807) is 13.0 Å². The van der Waals surface area contributed by atoms with Crippen LogP contribution in [0.25, 0.3) is 0 Å². The lowest BCUT2D eigenvalue weighted by molar-refractivity contribution is -0.384. The normalized spacial score (nSPS) is 17.5. The molecule has 0 bridgehead atoms. The lowest BCUT2D eigenvalue weighted by Crippen LogP contribution is -2.23. The molecule has 128 valence electrons. The zero-order valence-electron chi connectivity index (χ0n) is 14.1. The largest absolute Gasteiger partial charge is 0.371 e. The van der Waals surface area contributed by atoms with Gasteiger partial charge in [-0.2, -0.15) is 0 Å². The van der Waals surface area contributed by atoms with Crippen molar-refractivity contribution >= 4 is 11.4 Å². The molecule has 1 saturated heterocycles. The lowest BCUT2D eigenvalue weighted by atomic mass is 10.1. The summed E-state index contributed by atoms with van der Waals surface area (Å²) in [5.74, 6) is 0.775. The Kier molecular flexibility index (Phi) is 4.53. The predicted molar refractivity (Wildman–Crippen MR) is 89.2 cm³/mol. The van der Waals surface area contributed by atoms with Gasteiger partial charge in [0, 0.05) is 24.2 Å². The summed E-state index contributed by atoms with van der Waals surface area (Å²) < 4.78 is 11.1. The van der Waals surface area contributed by atoms with E-state index in [0.29, 0.717) is 24.4 Å². The molecule has 7 nitrogen and oxygen atoms in total. The van der Waals surface area contributed by atoms with E-state index >= 15 is 0 Å². The van der Waals surface area contributed by atoms with E-state index in [9.17, 15) is 10.1 Å². The summed E-state index contributed by atoms with van der Waals surface area (Å²) in [5, 5.41) is 15.3. The number of nitrogens with zero attached hydrogens (tertiary/aromatic N) is 3. The first-order valence-electron chi connectivity index (χ1n) is 7.99. The second-order valence-electron chi connectivity index (χ2n) is 6.17. The smallest absolute Gasteiger partial charge is 0.295 e. The number of ether oxygens (including phenoxy) is 1. The fourth-order valence-electron chi connectivity index (χ4n) is 3.13. The minimum absolute atomic E-state index is 0.0406. The van der Waals surface area contributed by atoms with Gasteiger partial charge in [0.05, 0.1) is 23.3 Å². The predicted octanol–water partition coefficient (Wildman–Crippen LogP) is 3.30. The van der Waals surface area contributed by atoms with E-state index in [1.807, 2.05) is 30.9 Å². The number of rotatable bonds is 5. The van der Waals surface area contributed by atoms with Gasteiger partial charge in [-0.3, -0.25) is 10.1 Å². The number of benzene rings is 1. The maximum atomic E-state index is 11.4. The van der Waals surface area contributed by atoms with E-state index < -0.39 is 0 Å². The van der Waals surface area contributed by atoms with Crippen molar-refractivity contribution in [2.24, 2.45) is 0 Å². The van der Waals surface area contributed by atoms with Crippen LogP contribution >= 0.6 is 0 Å². The Morgan fingerprint density at radius 1 is 1.42 bits per heavy atom. The highest BCUT2D eigenvalue weighted by Gasteiger charge is 2.29. The summed E-state index contributed by atoms with van der Waals surface area (Å²) in [7, 11) is 0. The van der Waals surface area contributed by atoms with Gasteiger partial charge in [-0.05, 0) is 33.3 Å². The van der Waals surface area contributed by atoms with E-state index in [2.05, 4.69) is 5.16 Å². The molecular formula is C17H21N3O4.